The van der Waals surface area contributed by atoms with Crippen LogP contribution in [0.15, 0.2) is 42.7 Å². The van der Waals surface area contributed by atoms with E-state index in [-0.39, 0.29) is 43.0 Å². The first-order valence-electron chi connectivity index (χ1n) is 11.9. The van der Waals surface area contributed by atoms with Gasteiger partial charge in [-0.1, -0.05) is 6.92 Å². The number of rotatable bonds is 8. The number of halogens is 3. The van der Waals surface area contributed by atoms with Crippen LogP contribution in [0.5, 0.6) is 5.75 Å². The number of aromatic nitrogens is 2. The van der Waals surface area contributed by atoms with E-state index in [1.807, 2.05) is 6.07 Å². The van der Waals surface area contributed by atoms with Gasteiger partial charge in [-0.15, -0.1) is 0 Å². The Hall–Kier alpha value is -3.30. The number of pyridine rings is 2. The Balaban J connectivity index is 1.64. The standard InChI is InChI=1S/C27H28F3N3O3/c1-15-10-16(12-18(31)11-15)19-6-7-32-14-17(19)13-23(35)22-4-2-21(29)27(33-22)25-20(28)3-5-24(26(25)30)36-9-8-34/h2-7,14-16,18,34H,8-13,31H2,1H3/t15-,16+,18-/m0/s1. The van der Waals surface area contributed by atoms with Crippen LogP contribution in [-0.2, 0) is 6.42 Å². The predicted molar refractivity (Wildman–Crippen MR) is 128 cm³/mol. The van der Waals surface area contributed by atoms with E-state index in [0.717, 1.165) is 48.6 Å². The number of aliphatic hydroxyl groups excluding tert-OH is 1. The molecule has 4 rings (SSSR count). The average molecular weight is 500 g/mol. The van der Waals surface area contributed by atoms with Crippen molar-refractivity contribution in [3.05, 3.63) is 77.0 Å². The number of ether oxygens (including phenoxy) is 1. The Bertz CT molecular complexity index is 1240. The van der Waals surface area contributed by atoms with E-state index >= 15 is 0 Å². The van der Waals surface area contributed by atoms with Crippen LogP contribution in [0.2, 0.25) is 0 Å². The molecule has 190 valence electrons. The van der Waals surface area contributed by atoms with Crippen LogP contribution in [0.25, 0.3) is 11.3 Å². The Morgan fingerprint density at radius 1 is 1.11 bits per heavy atom. The molecule has 3 N–H and O–H groups in total. The average Bonchev–Trinajstić information content (AvgIpc) is 2.84. The van der Waals surface area contributed by atoms with E-state index in [1.165, 1.54) is 6.07 Å². The van der Waals surface area contributed by atoms with Gasteiger partial charge in [-0.05, 0) is 72.6 Å². The fourth-order valence-electron chi connectivity index (χ4n) is 4.95. The quantitative estimate of drug-likeness (QED) is 0.440. The summed E-state index contributed by atoms with van der Waals surface area (Å²) in [4.78, 5) is 21.3. The highest BCUT2D eigenvalue weighted by molar-refractivity contribution is 5.96. The van der Waals surface area contributed by atoms with Crippen molar-refractivity contribution in [2.24, 2.45) is 11.7 Å². The summed E-state index contributed by atoms with van der Waals surface area (Å²) in [7, 11) is 0. The van der Waals surface area contributed by atoms with Gasteiger partial charge in [0.25, 0.3) is 0 Å². The first-order chi connectivity index (χ1) is 17.3. The number of benzene rings is 1. The van der Waals surface area contributed by atoms with Crippen LogP contribution >= 0.6 is 0 Å². The second-order valence-corrected chi connectivity index (χ2v) is 9.28. The Morgan fingerprint density at radius 3 is 2.64 bits per heavy atom. The van der Waals surface area contributed by atoms with E-state index < -0.39 is 34.5 Å². The highest BCUT2D eigenvalue weighted by Crippen LogP contribution is 2.37. The minimum Gasteiger partial charge on any atom is -0.488 e. The van der Waals surface area contributed by atoms with Gasteiger partial charge in [0, 0.05) is 24.9 Å². The van der Waals surface area contributed by atoms with Crippen LogP contribution in [0.3, 0.4) is 0 Å². The maximum absolute atomic E-state index is 15.0. The van der Waals surface area contributed by atoms with Crippen molar-refractivity contribution in [2.45, 2.75) is 44.6 Å². The number of nitrogens with zero attached hydrogens (tertiary/aromatic N) is 2. The van der Waals surface area contributed by atoms with Crippen molar-refractivity contribution in [3.8, 4) is 17.0 Å². The van der Waals surface area contributed by atoms with Gasteiger partial charge in [0.1, 0.15) is 29.6 Å². The third-order valence-electron chi connectivity index (χ3n) is 6.48. The van der Waals surface area contributed by atoms with E-state index in [0.29, 0.717) is 5.92 Å². The monoisotopic (exact) mass is 499 g/mol. The topological polar surface area (TPSA) is 98.3 Å². The number of aliphatic hydroxyl groups is 1. The molecule has 1 aromatic carbocycles. The van der Waals surface area contributed by atoms with Crippen molar-refractivity contribution in [1.82, 2.24) is 9.97 Å². The van der Waals surface area contributed by atoms with Crippen LogP contribution < -0.4 is 10.5 Å². The van der Waals surface area contributed by atoms with Crippen molar-refractivity contribution in [2.75, 3.05) is 13.2 Å². The van der Waals surface area contributed by atoms with Crippen LogP contribution in [0, 0.1) is 23.4 Å². The predicted octanol–water partition coefficient (Wildman–Crippen LogP) is 4.59. The Morgan fingerprint density at radius 2 is 1.89 bits per heavy atom. The van der Waals surface area contributed by atoms with Crippen molar-refractivity contribution >= 4 is 5.78 Å². The molecule has 0 aliphatic heterocycles. The summed E-state index contributed by atoms with van der Waals surface area (Å²) in [6.45, 7) is 1.55. The van der Waals surface area contributed by atoms with E-state index in [4.69, 9.17) is 15.6 Å². The third-order valence-corrected chi connectivity index (χ3v) is 6.48. The molecular formula is C27H28F3N3O3. The molecule has 2 heterocycles. The summed E-state index contributed by atoms with van der Waals surface area (Å²) >= 11 is 0. The molecule has 0 saturated heterocycles. The Labute approximate surface area is 207 Å². The molecule has 2 aromatic heterocycles. The summed E-state index contributed by atoms with van der Waals surface area (Å²) in [5.74, 6) is -3.37. The zero-order valence-corrected chi connectivity index (χ0v) is 19.9. The smallest absolute Gasteiger partial charge is 0.185 e. The van der Waals surface area contributed by atoms with Gasteiger partial charge < -0.3 is 15.6 Å². The molecule has 36 heavy (non-hydrogen) atoms. The molecule has 3 aromatic rings. The van der Waals surface area contributed by atoms with Crippen LogP contribution in [-0.4, -0.2) is 40.1 Å². The summed E-state index contributed by atoms with van der Waals surface area (Å²) in [6.07, 6.45) is 5.97. The maximum Gasteiger partial charge on any atom is 0.185 e. The van der Waals surface area contributed by atoms with Gasteiger partial charge in [0.05, 0.1) is 12.2 Å². The molecule has 1 aliphatic carbocycles. The summed E-state index contributed by atoms with van der Waals surface area (Å²) in [5, 5.41) is 8.91. The summed E-state index contributed by atoms with van der Waals surface area (Å²) in [6, 6.07) is 6.08. The molecule has 3 atom stereocenters. The molecule has 1 aliphatic rings. The summed E-state index contributed by atoms with van der Waals surface area (Å²) < 4.78 is 49.3. The number of Topliss-reactive ketones (excluding diaryl/α,β-unsaturated/α-hetero) is 1. The lowest BCUT2D eigenvalue weighted by Gasteiger charge is -2.32. The van der Waals surface area contributed by atoms with Gasteiger partial charge in [-0.25, -0.2) is 18.2 Å². The van der Waals surface area contributed by atoms with Crippen LogP contribution in [0.4, 0.5) is 13.2 Å². The molecule has 6 nitrogen and oxygen atoms in total. The Kier molecular flexibility index (Phi) is 8.01. The number of hydrogen-bond donors (Lipinski definition) is 2. The second-order valence-electron chi connectivity index (χ2n) is 9.28. The van der Waals surface area contributed by atoms with Gasteiger partial charge >= 0.3 is 0 Å². The SMILES string of the molecule is C[C@@H]1C[C@H](N)C[C@H](c2ccncc2CC(=O)c2ccc(F)c(-c3c(F)ccc(OCCO)c3F)n2)C1. The number of carbonyl (C=O) groups is 1. The summed E-state index contributed by atoms with van der Waals surface area (Å²) in [5.41, 5.74) is 6.44. The number of hydrogen-bond acceptors (Lipinski definition) is 6. The lowest BCUT2D eigenvalue weighted by atomic mass is 9.75. The lowest BCUT2D eigenvalue weighted by molar-refractivity contribution is 0.0987. The van der Waals surface area contributed by atoms with E-state index in [9.17, 15) is 18.0 Å². The fraction of sp³-hybridized carbons (Fsp3) is 0.370. The molecule has 1 fully saturated rings. The first-order valence-corrected chi connectivity index (χ1v) is 11.9. The maximum atomic E-state index is 15.0. The zero-order valence-electron chi connectivity index (χ0n) is 19.9. The normalized spacial score (nSPS) is 19.8. The molecule has 1 saturated carbocycles. The van der Waals surface area contributed by atoms with Gasteiger partial charge in [0.2, 0.25) is 0 Å². The highest BCUT2D eigenvalue weighted by Gasteiger charge is 2.28. The van der Waals surface area contributed by atoms with Crippen molar-refractivity contribution < 1.29 is 27.8 Å². The van der Waals surface area contributed by atoms with Crippen molar-refractivity contribution in [3.63, 3.8) is 0 Å². The van der Waals surface area contributed by atoms with Crippen LogP contribution in [0.1, 0.15) is 53.7 Å². The van der Waals surface area contributed by atoms with Gasteiger partial charge in [-0.3, -0.25) is 9.78 Å². The molecule has 0 spiro atoms. The second kappa shape index (κ2) is 11.2. The highest BCUT2D eigenvalue weighted by atomic mass is 19.1. The number of carbonyl (C=O) groups excluding carboxylic acids is 1. The zero-order chi connectivity index (χ0) is 25.8. The molecule has 0 bridgehead atoms. The van der Waals surface area contributed by atoms with Gasteiger partial charge in [-0.2, -0.15) is 0 Å². The van der Waals surface area contributed by atoms with E-state index in [2.05, 4.69) is 16.9 Å². The largest absolute Gasteiger partial charge is 0.488 e. The third kappa shape index (κ3) is 5.57. The fourth-order valence-corrected chi connectivity index (χ4v) is 4.95. The minimum absolute atomic E-state index is 0.0496. The minimum atomic E-state index is -1.17. The first kappa shape index (κ1) is 25.8. The number of ketones is 1. The molecule has 9 heteroatoms. The van der Waals surface area contributed by atoms with Crippen molar-refractivity contribution in [1.29, 1.82) is 0 Å². The molecule has 0 unspecified atom stereocenters. The molecule has 0 radical (unpaired) electrons. The molecular weight excluding hydrogens is 471 g/mol. The number of nitrogens with two attached hydrogens (primary N) is 1. The lowest BCUT2D eigenvalue weighted by Crippen LogP contribution is -2.31. The van der Waals surface area contributed by atoms with Gasteiger partial charge in [0.15, 0.2) is 17.3 Å². The van der Waals surface area contributed by atoms with E-state index in [1.54, 1.807) is 12.4 Å². The molecule has 0 amide bonds.